The van der Waals surface area contributed by atoms with Gasteiger partial charge in [-0.2, -0.15) is 0 Å². The van der Waals surface area contributed by atoms with Crippen molar-refractivity contribution in [1.29, 1.82) is 0 Å². The maximum Gasteiger partial charge on any atom is 0.253 e. The van der Waals surface area contributed by atoms with Gasteiger partial charge in [0.05, 0.1) is 6.04 Å². The fourth-order valence-corrected chi connectivity index (χ4v) is 2.15. The van der Waals surface area contributed by atoms with Gasteiger partial charge < -0.3 is 5.32 Å². The molecule has 1 nitrogen and oxygen atoms in total. The van der Waals surface area contributed by atoms with Gasteiger partial charge in [0.1, 0.15) is 0 Å². The first kappa shape index (κ1) is 17.8. The molecule has 0 spiro atoms. The quantitative estimate of drug-likeness (QED) is 0.453. The van der Waals surface area contributed by atoms with E-state index in [2.05, 4.69) is 12.2 Å². The smallest absolute Gasteiger partial charge is 0.253 e. The molecular formula is C15H31F2N. The molecule has 0 fully saturated rings. The fraction of sp³-hybridized carbons (Fsp3) is 1.00. The van der Waals surface area contributed by atoms with Crippen LogP contribution >= 0.6 is 0 Å². The number of unbranched alkanes of at least 4 members (excludes halogenated alkanes) is 7. The summed E-state index contributed by atoms with van der Waals surface area (Å²) in [6.07, 6.45) is 9.05. The average Bonchev–Trinajstić information content (AvgIpc) is 2.35. The van der Waals surface area contributed by atoms with Gasteiger partial charge in [0, 0.05) is 0 Å². The maximum atomic E-state index is 12.7. The molecule has 1 N–H and O–H groups in total. The lowest BCUT2D eigenvalue weighted by Gasteiger charge is -2.17. The SMILES string of the molecule is CCCCCCCCCCC(NCCC)C(F)F. The summed E-state index contributed by atoms with van der Waals surface area (Å²) in [7, 11) is 0. The minimum absolute atomic E-state index is 0.593. The van der Waals surface area contributed by atoms with Crippen molar-refractivity contribution in [3.8, 4) is 0 Å². The van der Waals surface area contributed by atoms with Gasteiger partial charge in [-0.15, -0.1) is 0 Å². The summed E-state index contributed by atoms with van der Waals surface area (Å²) >= 11 is 0. The topological polar surface area (TPSA) is 12.0 Å². The monoisotopic (exact) mass is 263 g/mol. The molecule has 0 radical (unpaired) electrons. The Morgan fingerprint density at radius 2 is 1.33 bits per heavy atom. The van der Waals surface area contributed by atoms with Crippen LogP contribution in [0.3, 0.4) is 0 Å². The van der Waals surface area contributed by atoms with Gasteiger partial charge in [0.25, 0.3) is 6.43 Å². The Kier molecular flexibility index (Phi) is 13.1. The van der Waals surface area contributed by atoms with E-state index < -0.39 is 12.5 Å². The molecule has 3 heteroatoms. The molecular weight excluding hydrogens is 232 g/mol. The van der Waals surface area contributed by atoms with E-state index in [1.54, 1.807) is 0 Å². The standard InChI is InChI=1S/C15H31F2N/c1-3-5-6-7-8-9-10-11-12-14(15(16)17)18-13-4-2/h14-15,18H,3-13H2,1-2H3. The van der Waals surface area contributed by atoms with Crippen LogP contribution in [-0.4, -0.2) is 19.0 Å². The Morgan fingerprint density at radius 3 is 1.83 bits per heavy atom. The summed E-state index contributed by atoms with van der Waals surface area (Å²) in [4.78, 5) is 0. The van der Waals surface area contributed by atoms with Gasteiger partial charge in [-0.25, -0.2) is 8.78 Å². The van der Waals surface area contributed by atoms with E-state index in [1.807, 2.05) is 6.92 Å². The fourth-order valence-electron chi connectivity index (χ4n) is 2.15. The Morgan fingerprint density at radius 1 is 0.778 bits per heavy atom. The van der Waals surface area contributed by atoms with Gasteiger partial charge >= 0.3 is 0 Å². The largest absolute Gasteiger partial charge is 0.309 e. The molecule has 0 saturated heterocycles. The minimum Gasteiger partial charge on any atom is -0.309 e. The van der Waals surface area contributed by atoms with Gasteiger partial charge in [0.15, 0.2) is 0 Å². The van der Waals surface area contributed by atoms with Crippen molar-refractivity contribution in [3.05, 3.63) is 0 Å². The van der Waals surface area contributed by atoms with Crippen LogP contribution in [0.4, 0.5) is 8.78 Å². The molecule has 0 aliphatic rings. The van der Waals surface area contributed by atoms with Crippen molar-refractivity contribution in [2.24, 2.45) is 0 Å². The Labute approximate surface area is 112 Å². The number of hydrogen-bond acceptors (Lipinski definition) is 1. The van der Waals surface area contributed by atoms with E-state index >= 15 is 0 Å². The van der Waals surface area contributed by atoms with Crippen LogP contribution in [0.25, 0.3) is 0 Å². The second-order valence-electron chi connectivity index (χ2n) is 5.16. The van der Waals surface area contributed by atoms with Crippen LogP contribution in [-0.2, 0) is 0 Å². The molecule has 18 heavy (non-hydrogen) atoms. The Bertz CT molecular complexity index is 163. The molecule has 0 aliphatic heterocycles. The third-order valence-electron chi connectivity index (χ3n) is 3.33. The Balaban J connectivity index is 3.37. The maximum absolute atomic E-state index is 12.7. The number of alkyl halides is 2. The van der Waals surface area contributed by atoms with Crippen LogP contribution in [0.2, 0.25) is 0 Å². The Hall–Kier alpha value is -0.180. The van der Waals surface area contributed by atoms with Gasteiger partial charge in [0.2, 0.25) is 0 Å². The lowest BCUT2D eigenvalue weighted by atomic mass is 10.0. The van der Waals surface area contributed by atoms with Crippen LogP contribution in [0.1, 0.15) is 78.1 Å². The molecule has 0 aromatic carbocycles. The second-order valence-corrected chi connectivity index (χ2v) is 5.16. The van der Waals surface area contributed by atoms with Crippen LogP contribution in [0, 0.1) is 0 Å². The number of rotatable bonds is 13. The second kappa shape index (κ2) is 13.3. The van der Waals surface area contributed by atoms with Crippen LogP contribution in [0.15, 0.2) is 0 Å². The molecule has 0 aromatic heterocycles. The van der Waals surface area contributed by atoms with E-state index in [0.29, 0.717) is 13.0 Å². The van der Waals surface area contributed by atoms with E-state index in [-0.39, 0.29) is 0 Å². The summed E-state index contributed by atoms with van der Waals surface area (Å²) in [6, 6.07) is -0.593. The van der Waals surface area contributed by atoms with Crippen LogP contribution in [0.5, 0.6) is 0 Å². The predicted octanol–water partition coefficient (Wildman–Crippen LogP) is 5.15. The van der Waals surface area contributed by atoms with Gasteiger partial charge in [-0.3, -0.25) is 0 Å². The van der Waals surface area contributed by atoms with Crippen molar-refractivity contribution in [3.63, 3.8) is 0 Å². The van der Waals surface area contributed by atoms with E-state index in [4.69, 9.17) is 0 Å². The lowest BCUT2D eigenvalue weighted by Crippen LogP contribution is -2.36. The highest BCUT2D eigenvalue weighted by Gasteiger charge is 2.18. The molecule has 1 atom stereocenters. The first-order valence-corrected chi connectivity index (χ1v) is 7.73. The van der Waals surface area contributed by atoms with Crippen molar-refractivity contribution in [1.82, 2.24) is 5.32 Å². The molecule has 0 saturated carbocycles. The average molecular weight is 263 g/mol. The number of hydrogen-bond donors (Lipinski definition) is 1. The molecule has 0 amide bonds. The molecule has 0 aromatic rings. The van der Waals surface area contributed by atoms with E-state index in [1.165, 1.54) is 38.5 Å². The summed E-state index contributed by atoms with van der Waals surface area (Å²) < 4.78 is 25.3. The van der Waals surface area contributed by atoms with Crippen molar-refractivity contribution in [2.45, 2.75) is 90.5 Å². The van der Waals surface area contributed by atoms with Crippen molar-refractivity contribution < 1.29 is 8.78 Å². The highest BCUT2D eigenvalue weighted by atomic mass is 19.3. The van der Waals surface area contributed by atoms with Gasteiger partial charge in [-0.05, 0) is 19.4 Å². The number of nitrogens with one attached hydrogen (secondary N) is 1. The molecule has 110 valence electrons. The lowest BCUT2D eigenvalue weighted by molar-refractivity contribution is 0.0928. The predicted molar refractivity (Wildman–Crippen MR) is 75.3 cm³/mol. The van der Waals surface area contributed by atoms with E-state index in [0.717, 1.165) is 19.3 Å². The summed E-state index contributed by atoms with van der Waals surface area (Å²) in [5.41, 5.74) is 0. The zero-order valence-electron chi connectivity index (χ0n) is 12.2. The molecule has 0 bridgehead atoms. The van der Waals surface area contributed by atoms with Gasteiger partial charge in [-0.1, -0.05) is 65.2 Å². The summed E-state index contributed by atoms with van der Waals surface area (Å²) in [5.74, 6) is 0. The summed E-state index contributed by atoms with van der Waals surface area (Å²) in [5, 5.41) is 2.94. The molecule has 1 unspecified atom stereocenters. The third kappa shape index (κ3) is 10.9. The third-order valence-corrected chi connectivity index (χ3v) is 3.33. The zero-order valence-corrected chi connectivity index (χ0v) is 12.2. The number of halogens is 2. The normalized spacial score (nSPS) is 13.2. The molecule has 0 aliphatic carbocycles. The first-order valence-electron chi connectivity index (χ1n) is 7.73. The highest BCUT2D eigenvalue weighted by molar-refractivity contribution is 4.69. The van der Waals surface area contributed by atoms with Crippen molar-refractivity contribution >= 4 is 0 Å². The minimum atomic E-state index is -2.22. The van der Waals surface area contributed by atoms with Crippen LogP contribution < -0.4 is 5.32 Å². The first-order chi connectivity index (χ1) is 8.72. The van der Waals surface area contributed by atoms with E-state index in [9.17, 15) is 8.78 Å². The zero-order chi connectivity index (χ0) is 13.6. The molecule has 0 heterocycles. The molecule has 0 rings (SSSR count). The summed E-state index contributed by atoms with van der Waals surface area (Å²) in [6.45, 7) is 4.92. The van der Waals surface area contributed by atoms with Crippen molar-refractivity contribution in [2.75, 3.05) is 6.54 Å². The highest BCUT2D eigenvalue weighted by Crippen LogP contribution is 2.13.